The highest BCUT2D eigenvalue weighted by Crippen LogP contribution is 2.27. The van der Waals surface area contributed by atoms with E-state index < -0.39 is 5.82 Å². The number of halogens is 2. The average Bonchev–Trinajstić information content (AvgIpc) is 2.47. The molecule has 1 aliphatic rings. The number of pyridine rings is 1. The Morgan fingerprint density at radius 1 is 1.33 bits per heavy atom. The number of nitrogens with zero attached hydrogens (tertiary/aromatic N) is 1. The zero-order valence-corrected chi connectivity index (χ0v) is 12.2. The fourth-order valence-corrected chi connectivity index (χ4v) is 3.11. The molecule has 110 valence electrons. The van der Waals surface area contributed by atoms with Gasteiger partial charge in [0, 0.05) is 23.4 Å². The minimum Gasteiger partial charge on any atom is -0.324 e. The van der Waals surface area contributed by atoms with Crippen molar-refractivity contribution in [1.29, 1.82) is 0 Å². The average molecular weight is 307 g/mol. The Labute approximate surface area is 127 Å². The van der Waals surface area contributed by atoms with E-state index in [9.17, 15) is 9.18 Å². The van der Waals surface area contributed by atoms with Crippen LogP contribution in [-0.4, -0.2) is 4.57 Å². The van der Waals surface area contributed by atoms with Crippen LogP contribution < -0.4 is 11.3 Å². The second kappa shape index (κ2) is 5.62. The summed E-state index contributed by atoms with van der Waals surface area (Å²) < 4.78 is 15.7. The molecule has 0 saturated heterocycles. The van der Waals surface area contributed by atoms with E-state index in [0.717, 1.165) is 30.5 Å². The molecular formula is C16H16ClFN2O. The molecule has 1 aliphatic carbocycles. The molecule has 0 fully saturated rings. The zero-order valence-electron chi connectivity index (χ0n) is 11.5. The number of hydrogen-bond acceptors (Lipinski definition) is 2. The summed E-state index contributed by atoms with van der Waals surface area (Å²) in [6, 6.07) is 8.09. The lowest BCUT2D eigenvalue weighted by molar-refractivity contribution is 0.523. The predicted octanol–water partition coefficient (Wildman–Crippen LogP) is 3.03. The van der Waals surface area contributed by atoms with Crippen LogP contribution in [-0.2, 0) is 13.0 Å². The summed E-state index contributed by atoms with van der Waals surface area (Å²) in [5, 5.41) is 0.0713. The lowest BCUT2D eigenvalue weighted by Crippen LogP contribution is -2.29. The Bertz CT molecular complexity index is 742. The molecule has 2 N–H and O–H groups in total. The van der Waals surface area contributed by atoms with Crippen molar-refractivity contribution in [1.82, 2.24) is 4.57 Å². The van der Waals surface area contributed by atoms with Crippen molar-refractivity contribution >= 4 is 11.6 Å². The third-order valence-corrected chi connectivity index (χ3v) is 4.31. The fraction of sp³-hybridized carbons (Fsp3) is 0.312. The predicted molar refractivity (Wildman–Crippen MR) is 81.1 cm³/mol. The van der Waals surface area contributed by atoms with E-state index in [2.05, 4.69) is 0 Å². The minimum atomic E-state index is -0.469. The third-order valence-electron chi connectivity index (χ3n) is 4.02. The largest absolute Gasteiger partial charge is 0.324 e. The van der Waals surface area contributed by atoms with Crippen molar-refractivity contribution in [3.63, 3.8) is 0 Å². The van der Waals surface area contributed by atoms with E-state index >= 15 is 0 Å². The van der Waals surface area contributed by atoms with Gasteiger partial charge in [0.1, 0.15) is 5.82 Å². The molecule has 0 aliphatic heterocycles. The van der Waals surface area contributed by atoms with E-state index in [1.54, 1.807) is 22.8 Å². The van der Waals surface area contributed by atoms with Crippen LogP contribution in [0.4, 0.5) is 4.39 Å². The van der Waals surface area contributed by atoms with Crippen LogP contribution in [0, 0.1) is 5.82 Å². The molecule has 1 unspecified atom stereocenters. The minimum absolute atomic E-state index is 0.0511. The van der Waals surface area contributed by atoms with Gasteiger partial charge in [0.05, 0.1) is 11.6 Å². The molecule has 0 amide bonds. The lowest BCUT2D eigenvalue weighted by Gasteiger charge is -2.25. The molecule has 3 rings (SSSR count). The van der Waals surface area contributed by atoms with Crippen LogP contribution in [0.15, 0.2) is 35.1 Å². The van der Waals surface area contributed by atoms with E-state index in [0.29, 0.717) is 5.56 Å². The maximum Gasteiger partial charge on any atom is 0.251 e. The van der Waals surface area contributed by atoms with Gasteiger partial charge in [0.2, 0.25) is 0 Å². The molecule has 0 bridgehead atoms. The summed E-state index contributed by atoms with van der Waals surface area (Å²) in [5.74, 6) is -0.469. The topological polar surface area (TPSA) is 48.0 Å². The quantitative estimate of drug-likeness (QED) is 0.927. The lowest BCUT2D eigenvalue weighted by atomic mass is 9.91. The Balaban J connectivity index is 2.09. The van der Waals surface area contributed by atoms with Gasteiger partial charge >= 0.3 is 0 Å². The Kier molecular flexibility index (Phi) is 3.83. The van der Waals surface area contributed by atoms with E-state index in [1.807, 2.05) is 0 Å². The number of aromatic nitrogens is 1. The van der Waals surface area contributed by atoms with Crippen molar-refractivity contribution < 1.29 is 4.39 Å². The van der Waals surface area contributed by atoms with Gasteiger partial charge in [0.15, 0.2) is 0 Å². The summed E-state index contributed by atoms with van der Waals surface area (Å²) in [6.07, 6.45) is 2.65. The van der Waals surface area contributed by atoms with Crippen LogP contribution >= 0.6 is 11.6 Å². The molecule has 1 heterocycles. The first-order valence-electron chi connectivity index (χ1n) is 6.99. The zero-order chi connectivity index (χ0) is 15.0. The normalized spacial score (nSPS) is 17.6. The molecule has 21 heavy (non-hydrogen) atoms. The van der Waals surface area contributed by atoms with Crippen LogP contribution in [0.1, 0.15) is 35.7 Å². The van der Waals surface area contributed by atoms with E-state index in [4.69, 9.17) is 17.3 Å². The van der Waals surface area contributed by atoms with E-state index in [1.165, 1.54) is 12.1 Å². The number of rotatable bonds is 2. The monoisotopic (exact) mass is 306 g/mol. The summed E-state index contributed by atoms with van der Waals surface area (Å²) in [7, 11) is 0. The highest BCUT2D eigenvalue weighted by molar-refractivity contribution is 6.30. The van der Waals surface area contributed by atoms with Gasteiger partial charge in [-0.15, -0.1) is 0 Å². The first-order chi connectivity index (χ1) is 10.1. The maximum absolute atomic E-state index is 14.1. The molecule has 2 aromatic rings. The summed E-state index contributed by atoms with van der Waals surface area (Å²) in [5.41, 5.74) is 8.29. The van der Waals surface area contributed by atoms with Gasteiger partial charge in [-0.2, -0.15) is 0 Å². The van der Waals surface area contributed by atoms with Crippen LogP contribution in [0.3, 0.4) is 0 Å². The number of benzene rings is 1. The summed E-state index contributed by atoms with van der Waals surface area (Å²) >= 11 is 5.80. The van der Waals surface area contributed by atoms with E-state index in [-0.39, 0.29) is 23.2 Å². The molecule has 5 heteroatoms. The first-order valence-corrected chi connectivity index (χ1v) is 7.37. The number of nitrogens with two attached hydrogens (primary N) is 1. The van der Waals surface area contributed by atoms with Gasteiger partial charge in [-0.3, -0.25) is 4.79 Å². The SMILES string of the molecule is NC1CCCc2c1ccc(=O)n2Cc1cccc(Cl)c1F. The standard InChI is InChI=1S/C16H16ClFN2O/c17-12-4-1-3-10(16(12)18)9-20-14-6-2-5-13(19)11(14)7-8-15(20)21/h1,3-4,7-8,13H,2,5-6,9,19H2. The van der Waals surface area contributed by atoms with Crippen molar-refractivity contribution in [2.75, 3.05) is 0 Å². The number of hydrogen-bond donors (Lipinski definition) is 1. The van der Waals surface area contributed by atoms with Crippen molar-refractivity contribution in [2.24, 2.45) is 5.73 Å². The van der Waals surface area contributed by atoms with Gasteiger partial charge in [-0.25, -0.2) is 4.39 Å². The highest BCUT2D eigenvalue weighted by Gasteiger charge is 2.21. The molecule has 0 radical (unpaired) electrons. The maximum atomic E-state index is 14.1. The van der Waals surface area contributed by atoms with Gasteiger partial charge in [-0.1, -0.05) is 29.8 Å². The van der Waals surface area contributed by atoms with Crippen molar-refractivity contribution in [3.8, 4) is 0 Å². The van der Waals surface area contributed by atoms with Gasteiger partial charge in [0.25, 0.3) is 5.56 Å². The molecule has 1 aromatic heterocycles. The second-order valence-electron chi connectivity index (χ2n) is 5.37. The van der Waals surface area contributed by atoms with Gasteiger partial charge in [-0.05, 0) is 30.9 Å². The Morgan fingerprint density at radius 2 is 2.14 bits per heavy atom. The van der Waals surface area contributed by atoms with Gasteiger partial charge < -0.3 is 10.3 Å². The third kappa shape index (κ3) is 2.61. The molecule has 3 nitrogen and oxygen atoms in total. The fourth-order valence-electron chi connectivity index (χ4n) is 2.91. The second-order valence-corrected chi connectivity index (χ2v) is 5.78. The summed E-state index contributed by atoms with van der Waals surface area (Å²) in [6.45, 7) is 0.182. The molecule has 0 saturated carbocycles. The van der Waals surface area contributed by atoms with Crippen molar-refractivity contribution in [2.45, 2.75) is 31.8 Å². The molecule has 1 atom stereocenters. The van der Waals surface area contributed by atoms with Crippen LogP contribution in [0.5, 0.6) is 0 Å². The van der Waals surface area contributed by atoms with Crippen molar-refractivity contribution in [3.05, 3.63) is 68.3 Å². The highest BCUT2D eigenvalue weighted by atomic mass is 35.5. The number of fused-ring (bicyclic) bond motifs is 1. The smallest absolute Gasteiger partial charge is 0.251 e. The first kappa shape index (κ1) is 14.3. The molecule has 0 spiro atoms. The Morgan fingerprint density at radius 3 is 2.95 bits per heavy atom. The van der Waals surface area contributed by atoms with Crippen LogP contribution in [0.25, 0.3) is 0 Å². The van der Waals surface area contributed by atoms with Crippen LogP contribution in [0.2, 0.25) is 5.02 Å². The molecular weight excluding hydrogens is 291 g/mol. The molecule has 1 aromatic carbocycles. The summed E-state index contributed by atoms with van der Waals surface area (Å²) in [4.78, 5) is 12.2. The Hall–Kier alpha value is -1.65.